The van der Waals surface area contributed by atoms with Crippen LogP contribution in [0.3, 0.4) is 0 Å². The summed E-state index contributed by atoms with van der Waals surface area (Å²) in [6, 6.07) is 16.1. The van der Waals surface area contributed by atoms with E-state index in [1.807, 2.05) is 36.4 Å². The number of aliphatic carboxylic acids is 1. The van der Waals surface area contributed by atoms with Gasteiger partial charge < -0.3 is 25.2 Å². The summed E-state index contributed by atoms with van der Waals surface area (Å²) in [6.07, 6.45) is 0.309. The largest absolute Gasteiger partial charge is 0.481 e. The third-order valence-electron chi connectivity index (χ3n) is 5.76. The van der Waals surface area contributed by atoms with Crippen LogP contribution in [0.2, 0.25) is 0 Å². The number of methoxy groups -OCH3 is 1. The predicted octanol–water partition coefficient (Wildman–Crippen LogP) is 3.30. The highest BCUT2D eigenvalue weighted by Gasteiger charge is 2.36. The molecule has 1 aliphatic rings. The smallest absolute Gasteiger partial charge is 0.408 e. The molecule has 0 fully saturated rings. The van der Waals surface area contributed by atoms with Crippen LogP contribution in [0.5, 0.6) is 0 Å². The van der Waals surface area contributed by atoms with Gasteiger partial charge in [-0.1, -0.05) is 48.5 Å². The second kappa shape index (κ2) is 11.0. The van der Waals surface area contributed by atoms with Gasteiger partial charge in [0.25, 0.3) is 0 Å². The van der Waals surface area contributed by atoms with Gasteiger partial charge in [-0.15, -0.1) is 0 Å². The van der Waals surface area contributed by atoms with Crippen molar-refractivity contribution >= 4 is 18.0 Å². The van der Waals surface area contributed by atoms with Crippen LogP contribution in [0, 0.1) is 0 Å². The van der Waals surface area contributed by atoms with Gasteiger partial charge in [0.15, 0.2) is 0 Å². The molecule has 1 aliphatic carbocycles. The molecule has 2 aromatic rings. The minimum Gasteiger partial charge on any atom is -0.481 e. The molecule has 0 aromatic heterocycles. The molecule has 0 heterocycles. The summed E-state index contributed by atoms with van der Waals surface area (Å²) in [5, 5.41) is 14.1. The zero-order valence-electron chi connectivity index (χ0n) is 18.9. The third-order valence-corrected chi connectivity index (χ3v) is 5.76. The molecule has 3 rings (SSSR count). The lowest BCUT2D eigenvalue weighted by atomic mass is 9.98. The number of carbonyl (C=O) groups excluding carboxylic acids is 2. The van der Waals surface area contributed by atoms with Crippen LogP contribution in [0.4, 0.5) is 4.79 Å². The third kappa shape index (κ3) is 5.90. The number of rotatable bonds is 11. The lowest BCUT2D eigenvalue weighted by Gasteiger charge is -2.28. The Morgan fingerprint density at radius 1 is 1.00 bits per heavy atom. The monoisotopic (exact) mass is 454 g/mol. The van der Waals surface area contributed by atoms with Crippen LogP contribution in [-0.4, -0.2) is 55.5 Å². The maximum Gasteiger partial charge on any atom is 0.408 e. The first kappa shape index (κ1) is 24.3. The first-order valence-electron chi connectivity index (χ1n) is 11.0. The number of nitrogens with one attached hydrogen (secondary N) is 2. The molecule has 2 amide bonds. The van der Waals surface area contributed by atoms with Gasteiger partial charge in [-0.25, -0.2) is 4.79 Å². The Labute approximate surface area is 193 Å². The molecule has 33 heavy (non-hydrogen) atoms. The average molecular weight is 455 g/mol. The number of carbonyl (C=O) groups is 3. The van der Waals surface area contributed by atoms with E-state index in [1.54, 1.807) is 6.92 Å². The number of ether oxygens (including phenoxy) is 2. The van der Waals surface area contributed by atoms with Crippen LogP contribution in [0.25, 0.3) is 11.1 Å². The molecule has 0 saturated heterocycles. The standard InChI is InChI=1S/C25H30N2O6/c1-25(16-32-2,23(30)26-14-8-7-13-22(28)29)27-24(31)33-15-21-19-11-5-3-9-17(19)18-10-4-6-12-20(18)21/h3-6,9-12,21H,7-8,13-16H2,1-2H3,(H,26,30)(H,27,31)(H,28,29). The fourth-order valence-corrected chi connectivity index (χ4v) is 4.11. The molecule has 0 bridgehead atoms. The van der Waals surface area contributed by atoms with Crippen molar-refractivity contribution in [2.24, 2.45) is 0 Å². The summed E-state index contributed by atoms with van der Waals surface area (Å²) in [7, 11) is 1.44. The van der Waals surface area contributed by atoms with Gasteiger partial charge in [-0.05, 0) is 42.0 Å². The van der Waals surface area contributed by atoms with Crippen molar-refractivity contribution < 1.29 is 29.0 Å². The minimum absolute atomic E-state index is 0.0435. The van der Waals surface area contributed by atoms with Crippen LogP contribution in [0.1, 0.15) is 43.2 Å². The first-order chi connectivity index (χ1) is 15.9. The Morgan fingerprint density at radius 3 is 2.18 bits per heavy atom. The highest BCUT2D eigenvalue weighted by Crippen LogP contribution is 2.44. The van der Waals surface area contributed by atoms with Crippen molar-refractivity contribution in [1.29, 1.82) is 0 Å². The van der Waals surface area contributed by atoms with Crippen LogP contribution < -0.4 is 10.6 Å². The molecule has 1 unspecified atom stereocenters. The summed E-state index contributed by atoms with van der Waals surface area (Å²) >= 11 is 0. The molecule has 2 aromatic carbocycles. The van der Waals surface area contributed by atoms with Gasteiger partial charge >= 0.3 is 12.1 Å². The molecule has 176 valence electrons. The minimum atomic E-state index is -1.33. The lowest BCUT2D eigenvalue weighted by molar-refractivity contribution is -0.137. The SMILES string of the molecule is COCC(C)(NC(=O)OCC1c2ccccc2-c2ccccc21)C(=O)NCCCCC(=O)O. The summed E-state index contributed by atoms with van der Waals surface area (Å²) in [5.74, 6) is -1.38. The second-order valence-electron chi connectivity index (χ2n) is 8.32. The zero-order valence-corrected chi connectivity index (χ0v) is 18.9. The molecule has 8 nitrogen and oxygen atoms in total. The van der Waals surface area contributed by atoms with Gasteiger partial charge in [0.1, 0.15) is 12.1 Å². The molecule has 0 radical (unpaired) electrons. The van der Waals surface area contributed by atoms with Crippen molar-refractivity contribution in [1.82, 2.24) is 10.6 Å². The number of hydrogen-bond donors (Lipinski definition) is 3. The lowest BCUT2D eigenvalue weighted by Crippen LogP contribution is -2.59. The molecule has 8 heteroatoms. The summed E-state index contributed by atoms with van der Waals surface area (Å²) in [4.78, 5) is 35.9. The fourth-order valence-electron chi connectivity index (χ4n) is 4.11. The van der Waals surface area contributed by atoms with E-state index in [-0.39, 0.29) is 25.6 Å². The molecule has 0 saturated carbocycles. The molecule has 3 N–H and O–H groups in total. The second-order valence-corrected chi connectivity index (χ2v) is 8.32. The van der Waals surface area contributed by atoms with E-state index in [2.05, 4.69) is 22.8 Å². The van der Waals surface area contributed by atoms with E-state index < -0.39 is 23.5 Å². The molecular formula is C25H30N2O6. The van der Waals surface area contributed by atoms with Crippen LogP contribution >= 0.6 is 0 Å². The number of carboxylic acids is 1. The van der Waals surface area contributed by atoms with E-state index in [0.717, 1.165) is 22.3 Å². The Balaban J connectivity index is 1.59. The van der Waals surface area contributed by atoms with E-state index in [0.29, 0.717) is 19.4 Å². The number of amides is 2. The molecule has 0 spiro atoms. The van der Waals surface area contributed by atoms with Crippen LogP contribution in [-0.2, 0) is 19.1 Å². The summed E-state index contributed by atoms with van der Waals surface area (Å²) < 4.78 is 10.7. The van der Waals surface area contributed by atoms with Gasteiger partial charge in [0.2, 0.25) is 5.91 Å². The molecule has 0 aliphatic heterocycles. The Hall–Kier alpha value is -3.39. The van der Waals surface area contributed by atoms with Crippen molar-refractivity contribution in [2.45, 2.75) is 37.6 Å². The maximum atomic E-state index is 12.7. The van der Waals surface area contributed by atoms with Gasteiger partial charge in [-0.3, -0.25) is 9.59 Å². The van der Waals surface area contributed by atoms with Crippen LogP contribution in [0.15, 0.2) is 48.5 Å². The van der Waals surface area contributed by atoms with E-state index in [1.165, 1.54) is 7.11 Å². The van der Waals surface area contributed by atoms with E-state index >= 15 is 0 Å². The van der Waals surface area contributed by atoms with Crippen molar-refractivity contribution in [2.75, 3.05) is 26.9 Å². The molecular weight excluding hydrogens is 424 g/mol. The maximum absolute atomic E-state index is 12.7. The van der Waals surface area contributed by atoms with Gasteiger partial charge in [0.05, 0.1) is 6.61 Å². The first-order valence-corrected chi connectivity index (χ1v) is 11.0. The zero-order chi connectivity index (χ0) is 23.8. The van der Waals surface area contributed by atoms with E-state index in [4.69, 9.17) is 14.6 Å². The quantitative estimate of drug-likeness (QED) is 0.449. The number of benzene rings is 2. The average Bonchev–Trinajstić information content (AvgIpc) is 3.11. The Morgan fingerprint density at radius 2 is 1.61 bits per heavy atom. The highest BCUT2D eigenvalue weighted by atomic mass is 16.5. The van der Waals surface area contributed by atoms with Crippen molar-refractivity contribution in [3.05, 3.63) is 59.7 Å². The van der Waals surface area contributed by atoms with E-state index in [9.17, 15) is 14.4 Å². The fraction of sp³-hybridized carbons (Fsp3) is 0.400. The Kier molecular flexibility index (Phi) is 8.06. The van der Waals surface area contributed by atoms with Gasteiger partial charge in [0, 0.05) is 26.0 Å². The summed E-state index contributed by atoms with van der Waals surface area (Å²) in [5.41, 5.74) is 3.14. The number of carboxylic acid groups (broad SMARTS) is 1. The highest BCUT2D eigenvalue weighted by molar-refractivity contribution is 5.89. The number of fused-ring (bicyclic) bond motifs is 3. The molecule has 1 atom stereocenters. The topological polar surface area (TPSA) is 114 Å². The van der Waals surface area contributed by atoms with Crippen molar-refractivity contribution in [3.63, 3.8) is 0 Å². The van der Waals surface area contributed by atoms with Gasteiger partial charge in [-0.2, -0.15) is 0 Å². The van der Waals surface area contributed by atoms with Crippen molar-refractivity contribution in [3.8, 4) is 11.1 Å². The predicted molar refractivity (Wildman–Crippen MR) is 123 cm³/mol. The normalized spacial score (nSPS) is 14.0. The number of alkyl carbamates (subject to hydrolysis) is 1. The summed E-state index contributed by atoms with van der Waals surface area (Å²) in [6.45, 7) is 1.96. The Bertz CT molecular complexity index is 962. The number of unbranched alkanes of at least 4 members (excludes halogenated alkanes) is 1. The number of hydrogen-bond acceptors (Lipinski definition) is 5.